The molecule has 1 N–H and O–H groups in total. The van der Waals surface area contributed by atoms with Gasteiger partial charge in [-0.1, -0.05) is 23.8 Å². The summed E-state index contributed by atoms with van der Waals surface area (Å²) in [7, 11) is -3.59. The number of carboxylic acids is 1. The molecule has 0 aliphatic heterocycles. The van der Waals surface area contributed by atoms with Gasteiger partial charge in [-0.3, -0.25) is 0 Å². The third-order valence-electron chi connectivity index (χ3n) is 3.00. The summed E-state index contributed by atoms with van der Waals surface area (Å²) in [5, 5.41) is 8.73. The lowest BCUT2D eigenvalue weighted by molar-refractivity contribution is 0.0692. The van der Waals surface area contributed by atoms with Gasteiger partial charge in [0.15, 0.2) is 9.84 Å². The molecule has 2 rings (SSSR count). The monoisotopic (exact) mass is 308 g/mol. The fourth-order valence-electron chi connectivity index (χ4n) is 1.87. The van der Waals surface area contributed by atoms with E-state index in [0.29, 0.717) is 0 Å². The molecular weight excluding hydrogens is 295 g/mol. The van der Waals surface area contributed by atoms with Crippen molar-refractivity contribution in [3.63, 3.8) is 0 Å². The van der Waals surface area contributed by atoms with Crippen molar-refractivity contribution in [3.8, 4) is 0 Å². The summed E-state index contributed by atoms with van der Waals surface area (Å²) in [4.78, 5) is 10.9. The minimum Gasteiger partial charge on any atom is -0.478 e. The van der Waals surface area contributed by atoms with E-state index in [9.17, 15) is 17.6 Å². The molecule has 2 aromatic carbocycles. The summed E-state index contributed by atoms with van der Waals surface area (Å²) >= 11 is 0. The molecule has 2 aromatic rings. The fourth-order valence-corrected chi connectivity index (χ4v) is 3.21. The summed E-state index contributed by atoms with van der Waals surface area (Å²) in [5.41, 5.74) is 0.662. The van der Waals surface area contributed by atoms with Crippen molar-refractivity contribution in [2.45, 2.75) is 17.6 Å². The molecule has 6 heteroatoms. The number of carboxylic acid groups (broad SMARTS) is 1. The van der Waals surface area contributed by atoms with Crippen LogP contribution in [0.2, 0.25) is 0 Å². The number of aryl methyl sites for hydroxylation is 1. The standard InChI is InChI=1S/C15H13FO4S/c1-10-2-5-12(6-3-10)21(19,20)9-11-4-7-13(15(17)18)14(16)8-11/h2-8H,9H2,1H3,(H,17,18). The highest BCUT2D eigenvalue weighted by atomic mass is 32.2. The van der Waals surface area contributed by atoms with E-state index in [4.69, 9.17) is 5.11 Å². The molecule has 21 heavy (non-hydrogen) atoms. The molecule has 0 aromatic heterocycles. The minimum absolute atomic E-state index is 0.149. The van der Waals surface area contributed by atoms with E-state index in [0.717, 1.165) is 17.7 Å². The van der Waals surface area contributed by atoms with E-state index >= 15 is 0 Å². The van der Waals surface area contributed by atoms with Gasteiger partial charge in [-0.25, -0.2) is 17.6 Å². The number of benzene rings is 2. The van der Waals surface area contributed by atoms with Crippen molar-refractivity contribution < 1.29 is 22.7 Å². The van der Waals surface area contributed by atoms with E-state index in [1.54, 1.807) is 12.1 Å². The van der Waals surface area contributed by atoms with E-state index < -0.39 is 27.2 Å². The van der Waals surface area contributed by atoms with E-state index in [2.05, 4.69) is 0 Å². The molecule has 0 spiro atoms. The quantitative estimate of drug-likeness (QED) is 0.942. The van der Waals surface area contributed by atoms with Crippen LogP contribution in [0.1, 0.15) is 21.5 Å². The van der Waals surface area contributed by atoms with Gasteiger partial charge in [-0.05, 0) is 36.8 Å². The minimum atomic E-state index is -3.59. The maximum Gasteiger partial charge on any atom is 0.338 e. The number of carbonyl (C=O) groups is 1. The van der Waals surface area contributed by atoms with Gasteiger partial charge in [0.1, 0.15) is 5.82 Å². The van der Waals surface area contributed by atoms with Crippen LogP contribution in [0.15, 0.2) is 47.4 Å². The lowest BCUT2D eigenvalue weighted by Crippen LogP contribution is -2.07. The molecule has 0 fully saturated rings. The van der Waals surface area contributed by atoms with Crippen molar-refractivity contribution >= 4 is 15.8 Å². The number of halogens is 1. The Hall–Kier alpha value is -2.21. The SMILES string of the molecule is Cc1ccc(S(=O)(=O)Cc2ccc(C(=O)O)c(F)c2)cc1. The molecular formula is C15H13FO4S. The molecule has 4 nitrogen and oxygen atoms in total. The van der Waals surface area contributed by atoms with Crippen molar-refractivity contribution in [2.24, 2.45) is 0 Å². The maximum absolute atomic E-state index is 13.6. The van der Waals surface area contributed by atoms with Crippen LogP contribution >= 0.6 is 0 Å². The number of aromatic carboxylic acids is 1. The van der Waals surface area contributed by atoms with Crippen molar-refractivity contribution in [3.05, 3.63) is 65.0 Å². The molecule has 0 heterocycles. The van der Waals surface area contributed by atoms with Gasteiger partial charge in [-0.2, -0.15) is 0 Å². The third kappa shape index (κ3) is 3.46. The van der Waals surface area contributed by atoms with Crippen LogP contribution < -0.4 is 0 Å². The highest BCUT2D eigenvalue weighted by Gasteiger charge is 2.17. The second-order valence-corrected chi connectivity index (χ2v) is 6.68. The van der Waals surface area contributed by atoms with E-state index in [1.165, 1.54) is 18.2 Å². The number of hydrogen-bond donors (Lipinski definition) is 1. The van der Waals surface area contributed by atoms with E-state index in [-0.39, 0.29) is 16.2 Å². The van der Waals surface area contributed by atoms with Gasteiger partial charge in [0.25, 0.3) is 0 Å². The van der Waals surface area contributed by atoms with Gasteiger partial charge in [0, 0.05) is 0 Å². The van der Waals surface area contributed by atoms with Crippen LogP contribution in [0.3, 0.4) is 0 Å². The largest absolute Gasteiger partial charge is 0.478 e. The fraction of sp³-hybridized carbons (Fsp3) is 0.133. The average Bonchev–Trinajstić information content (AvgIpc) is 2.38. The normalized spacial score (nSPS) is 11.3. The Morgan fingerprint density at radius 1 is 1.14 bits per heavy atom. The lowest BCUT2D eigenvalue weighted by Gasteiger charge is -2.06. The molecule has 0 saturated heterocycles. The van der Waals surface area contributed by atoms with Crippen molar-refractivity contribution in [1.82, 2.24) is 0 Å². The molecule has 0 bridgehead atoms. The Kier molecular flexibility index (Phi) is 4.09. The van der Waals surface area contributed by atoms with Crippen LogP contribution in [-0.4, -0.2) is 19.5 Å². The van der Waals surface area contributed by atoms with Gasteiger partial charge in [0.2, 0.25) is 0 Å². The predicted octanol–water partition coefficient (Wildman–Crippen LogP) is 2.81. The molecule has 0 aliphatic rings. The summed E-state index contributed by atoms with van der Waals surface area (Å²) in [6.45, 7) is 1.84. The van der Waals surface area contributed by atoms with Crippen molar-refractivity contribution in [1.29, 1.82) is 0 Å². The molecule has 0 radical (unpaired) electrons. The number of sulfone groups is 1. The van der Waals surface area contributed by atoms with Gasteiger partial charge >= 0.3 is 5.97 Å². The van der Waals surface area contributed by atoms with Gasteiger partial charge in [0.05, 0.1) is 16.2 Å². The second kappa shape index (κ2) is 5.65. The van der Waals surface area contributed by atoms with Crippen LogP contribution in [0, 0.1) is 12.7 Å². The van der Waals surface area contributed by atoms with E-state index in [1.807, 2.05) is 6.92 Å². The zero-order valence-electron chi connectivity index (χ0n) is 11.2. The number of hydrogen-bond acceptors (Lipinski definition) is 3. The molecule has 0 saturated carbocycles. The summed E-state index contributed by atoms with van der Waals surface area (Å²) in [5.74, 6) is -2.72. The molecule has 0 amide bonds. The average molecular weight is 308 g/mol. The summed E-state index contributed by atoms with van der Waals surface area (Å²) in [6, 6.07) is 9.66. The Morgan fingerprint density at radius 2 is 1.76 bits per heavy atom. The lowest BCUT2D eigenvalue weighted by atomic mass is 10.1. The Labute approximate surface area is 121 Å². The van der Waals surface area contributed by atoms with Crippen LogP contribution in [0.25, 0.3) is 0 Å². The zero-order chi connectivity index (χ0) is 15.6. The van der Waals surface area contributed by atoms with Crippen LogP contribution in [0.5, 0.6) is 0 Å². The van der Waals surface area contributed by atoms with Gasteiger partial charge in [-0.15, -0.1) is 0 Å². The van der Waals surface area contributed by atoms with Crippen molar-refractivity contribution in [2.75, 3.05) is 0 Å². The van der Waals surface area contributed by atoms with Crippen LogP contribution in [0.4, 0.5) is 4.39 Å². The summed E-state index contributed by atoms with van der Waals surface area (Å²) in [6.07, 6.45) is 0. The predicted molar refractivity (Wildman–Crippen MR) is 75.4 cm³/mol. The first-order valence-corrected chi connectivity index (χ1v) is 7.76. The topological polar surface area (TPSA) is 71.4 Å². The first-order valence-electron chi connectivity index (χ1n) is 6.11. The molecule has 0 aliphatic carbocycles. The van der Waals surface area contributed by atoms with Crippen LogP contribution in [-0.2, 0) is 15.6 Å². The summed E-state index contributed by atoms with van der Waals surface area (Å²) < 4.78 is 38.0. The molecule has 0 unspecified atom stereocenters. The van der Waals surface area contributed by atoms with Gasteiger partial charge < -0.3 is 5.11 Å². The first-order chi connectivity index (χ1) is 9.79. The molecule has 0 atom stereocenters. The maximum atomic E-state index is 13.6. The Balaban J connectivity index is 2.31. The third-order valence-corrected chi connectivity index (χ3v) is 4.70. The highest BCUT2D eigenvalue weighted by Crippen LogP contribution is 2.19. The Bertz CT molecular complexity index is 780. The highest BCUT2D eigenvalue weighted by molar-refractivity contribution is 7.90. The first kappa shape index (κ1) is 15.2. The molecule has 110 valence electrons. The number of rotatable bonds is 4. The second-order valence-electron chi connectivity index (χ2n) is 4.69. The zero-order valence-corrected chi connectivity index (χ0v) is 12.0. The Morgan fingerprint density at radius 3 is 2.29 bits per heavy atom. The smallest absolute Gasteiger partial charge is 0.338 e.